The molecule has 2 nitrogen and oxygen atoms in total. The lowest BCUT2D eigenvalue weighted by Crippen LogP contribution is -2.33. The lowest BCUT2D eigenvalue weighted by Gasteiger charge is -2.29. The molecule has 0 bridgehead atoms. The molecular formula is C13H15ClF3NO. The maximum atomic E-state index is 12.0. The Morgan fingerprint density at radius 3 is 2.26 bits per heavy atom. The number of benzene rings is 1. The molecule has 0 N–H and O–H groups in total. The molecule has 2 rings (SSSR count). The van der Waals surface area contributed by atoms with Gasteiger partial charge in [0.25, 0.3) is 0 Å². The van der Waals surface area contributed by atoms with Gasteiger partial charge in [0.2, 0.25) is 0 Å². The topological polar surface area (TPSA) is 12.5 Å². The molecule has 1 aromatic carbocycles. The van der Waals surface area contributed by atoms with Crippen LogP contribution in [0.25, 0.3) is 0 Å². The Morgan fingerprint density at radius 1 is 1.16 bits per heavy atom. The van der Waals surface area contributed by atoms with Crippen LogP contribution in [0.2, 0.25) is 0 Å². The number of nitrogens with zero attached hydrogens (tertiary/aromatic N) is 1. The van der Waals surface area contributed by atoms with Crippen LogP contribution in [0.4, 0.5) is 13.2 Å². The van der Waals surface area contributed by atoms with Crippen molar-refractivity contribution in [3.8, 4) is 5.75 Å². The molecule has 1 aromatic rings. The first-order valence-corrected chi connectivity index (χ1v) is 6.57. The first-order chi connectivity index (χ1) is 8.92. The number of halogens is 4. The van der Waals surface area contributed by atoms with E-state index in [-0.39, 0.29) is 11.1 Å². The number of hydrogen-bond acceptors (Lipinski definition) is 2. The van der Waals surface area contributed by atoms with Gasteiger partial charge < -0.3 is 4.74 Å². The van der Waals surface area contributed by atoms with Gasteiger partial charge in [-0.2, -0.15) is 0 Å². The molecule has 19 heavy (non-hydrogen) atoms. The van der Waals surface area contributed by atoms with E-state index in [0.717, 1.165) is 38.0 Å². The Balaban J connectivity index is 1.88. The van der Waals surface area contributed by atoms with Crippen LogP contribution < -0.4 is 4.74 Å². The fraction of sp³-hybridized carbons (Fsp3) is 0.538. The van der Waals surface area contributed by atoms with Crippen molar-refractivity contribution in [3.05, 3.63) is 29.8 Å². The lowest BCUT2D eigenvalue weighted by molar-refractivity contribution is -0.274. The first-order valence-electron chi connectivity index (χ1n) is 6.13. The van der Waals surface area contributed by atoms with E-state index in [0.29, 0.717) is 0 Å². The zero-order valence-corrected chi connectivity index (χ0v) is 11.0. The van der Waals surface area contributed by atoms with Gasteiger partial charge in [0.1, 0.15) is 5.75 Å². The van der Waals surface area contributed by atoms with Crippen LogP contribution in [-0.4, -0.2) is 29.7 Å². The van der Waals surface area contributed by atoms with Gasteiger partial charge >= 0.3 is 6.36 Å². The van der Waals surface area contributed by atoms with Gasteiger partial charge in [0, 0.05) is 11.9 Å². The fourth-order valence-electron chi connectivity index (χ4n) is 2.11. The maximum Gasteiger partial charge on any atom is 0.573 e. The SMILES string of the molecule is FC(F)(F)Oc1ccc(CN2CCC(Cl)CC2)cc1. The van der Waals surface area contributed by atoms with Crippen LogP contribution in [0.15, 0.2) is 24.3 Å². The average molecular weight is 294 g/mol. The van der Waals surface area contributed by atoms with E-state index in [4.69, 9.17) is 11.6 Å². The van der Waals surface area contributed by atoms with Gasteiger partial charge in [0.05, 0.1) is 0 Å². The standard InChI is InChI=1S/C13H15ClF3NO/c14-11-5-7-18(8-6-11)9-10-1-3-12(4-2-10)19-13(15,16)17/h1-4,11H,5-9H2. The molecule has 0 spiro atoms. The molecule has 1 fully saturated rings. The molecule has 0 amide bonds. The summed E-state index contributed by atoms with van der Waals surface area (Å²) in [4.78, 5) is 2.25. The molecule has 0 aromatic heterocycles. The molecule has 106 valence electrons. The largest absolute Gasteiger partial charge is 0.573 e. The summed E-state index contributed by atoms with van der Waals surface area (Å²) >= 11 is 6.02. The van der Waals surface area contributed by atoms with Crippen molar-refractivity contribution < 1.29 is 17.9 Å². The summed E-state index contributed by atoms with van der Waals surface area (Å²) in [7, 11) is 0. The second-order valence-corrected chi connectivity index (χ2v) is 5.26. The highest BCUT2D eigenvalue weighted by Gasteiger charge is 2.30. The van der Waals surface area contributed by atoms with E-state index >= 15 is 0 Å². The van der Waals surface area contributed by atoms with Crippen molar-refractivity contribution >= 4 is 11.6 Å². The quantitative estimate of drug-likeness (QED) is 0.786. The van der Waals surface area contributed by atoms with Crippen molar-refractivity contribution in [1.29, 1.82) is 0 Å². The molecule has 6 heteroatoms. The Kier molecular flexibility index (Phi) is 4.58. The van der Waals surface area contributed by atoms with Crippen LogP contribution in [0.5, 0.6) is 5.75 Å². The molecule has 1 heterocycles. The van der Waals surface area contributed by atoms with Gasteiger partial charge in [-0.15, -0.1) is 24.8 Å². The molecule has 0 aliphatic carbocycles. The first kappa shape index (κ1) is 14.5. The highest BCUT2D eigenvalue weighted by atomic mass is 35.5. The van der Waals surface area contributed by atoms with E-state index in [1.54, 1.807) is 12.1 Å². The van der Waals surface area contributed by atoms with Crippen molar-refractivity contribution in [2.75, 3.05) is 13.1 Å². The van der Waals surface area contributed by atoms with Crippen molar-refractivity contribution in [2.45, 2.75) is 31.1 Å². The molecule has 1 aliphatic rings. The van der Waals surface area contributed by atoms with Crippen LogP contribution in [0.1, 0.15) is 18.4 Å². The predicted octanol–water partition coefficient (Wildman–Crippen LogP) is 3.79. The summed E-state index contributed by atoms with van der Waals surface area (Å²) in [5.74, 6) is -0.185. The number of likely N-dealkylation sites (tertiary alicyclic amines) is 1. The maximum absolute atomic E-state index is 12.0. The molecule has 0 unspecified atom stereocenters. The minimum Gasteiger partial charge on any atom is -0.406 e. The summed E-state index contributed by atoms with van der Waals surface area (Å²) in [6, 6.07) is 6.01. The Labute approximate surface area is 115 Å². The number of alkyl halides is 4. The Bertz CT molecular complexity index is 399. The molecule has 0 radical (unpaired) electrons. The van der Waals surface area contributed by atoms with E-state index in [1.807, 2.05) is 0 Å². The zero-order chi connectivity index (χ0) is 13.9. The smallest absolute Gasteiger partial charge is 0.406 e. The second-order valence-electron chi connectivity index (χ2n) is 4.64. The van der Waals surface area contributed by atoms with E-state index in [1.165, 1.54) is 12.1 Å². The molecular weight excluding hydrogens is 279 g/mol. The summed E-state index contributed by atoms with van der Waals surface area (Å²) < 4.78 is 39.9. The van der Waals surface area contributed by atoms with Gasteiger partial charge in [-0.25, -0.2) is 0 Å². The fourth-order valence-corrected chi connectivity index (χ4v) is 2.31. The zero-order valence-electron chi connectivity index (χ0n) is 10.3. The third-order valence-corrected chi connectivity index (χ3v) is 3.52. The van der Waals surface area contributed by atoms with Crippen LogP contribution >= 0.6 is 11.6 Å². The average Bonchev–Trinajstić information content (AvgIpc) is 2.33. The monoisotopic (exact) mass is 293 g/mol. The summed E-state index contributed by atoms with van der Waals surface area (Å²) in [5.41, 5.74) is 0.975. The van der Waals surface area contributed by atoms with Gasteiger partial charge in [0.15, 0.2) is 0 Å². The predicted molar refractivity (Wildman–Crippen MR) is 67.3 cm³/mol. The number of ether oxygens (including phenoxy) is 1. The normalized spacial score (nSPS) is 18.5. The van der Waals surface area contributed by atoms with Gasteiger partial charge in [-0.3, -0.25) is 4.90 Å². The van der Waals surface area contributed by atoms with Gasteiger partial charge in [-0.1, -0.05) is 12.1 Å². The number of piperidine rings is 1. The molecule has 0 atom stereocenters. The highest BCUT2D eigenvalue weighted by Crippen LogP contribution is 2.23. The van der Waals surface area contributed by atoms with E-state index in [9.17, 15) is 13.2 Å². The second kappa shape index (κ2) is 6.01. The summed E-state index contributed by atoms with van der Waals surface area (Å²) in [6.07, 6.45) is -2.72. The van der Waals surface area contributed by atoms with Crippen LogP contribution in [0.3, 0.4) is 0 Å². The van der Waals surface area contributed by atoms with Crippen molar-refractivity contribution in [1.82, 2.24) is 4.90 Å². The molecule has 1 saturated heterocycles. The Morgan fingerprint density at radius 2 is 1.74 bits per heavy atom. The summed E-state index contributed by atoms with van der Waals surface area (Å²) in [5, 5.41) is 0.249. The van der Waals surface area contributed by atoms with Gasteiger partial charge in [-0.05, 0) is 43.6 Å². The Hall–Kier alpha value is -0.940. The minimum atomic E-state index is -4.64. The lowest BCUT2D eigenvalue weighted by atomic mass is 10.1. The van der Waals surface area contributed by atoms with Crippen LogP contribution in [-0.2, 0) is 6.54 Å². The molecule has 1 aliphatic heterocycles. The van der Waals surface area contributed by atoms with E-state index in [2.05, 4.69) is 9.64 Å². The third-order valence-electron chi connectivity index (χ3n) is 3.08. The third kappa shape index (κ3) is 4.91. The number of rotatable bonds is 3. The van der Waals surface area contributed by atoms with Crippen molar-refractivity contribution in [2.24, 2.45) is 0 Å². The highest BCUT2D eigenvalue weighted by molar-refractivity contribution is 6.20. The minimum absolute atomic E-state index is 0.185. The van der Waals surface area contributed by atoms with E-state index < -0.39 is 6.36 Å². The molecule has 0 saturated carbocycles. The van der Waals surface area contributed by atoms with Crippen LogP contribution in [0, 0.1) is 0 Å². The summed E-state index contributed by atoms with van der Waals surface area (Å²) in [6.45, 7) is 2.58. The number of hydrogen-bond donors (Lipinski definition) is 0. The van der Waals surface area contributed by atoms with Crippen molar-refractivity contribution in [3.63, 3.8) is 0 Å².